The van der Waals surface area contributed by atoms with E-state index in [4.69, 9.17) is 5.11 Å². The Bertz CT molecular complexity index is 157. The second kappa shape index (κ2) is 7.54. The molecule has 0 radical (unpaired) electrons. The predicted octanol–water partition coefficient (Wildman–Crippen LogP) is -0.274. The lowest BCUT2D eigenvalue weighted by Gasteiger charge is -2.13. The van der Waals surface area contributed by atoms with Gasteiger partial charge in [0.15, 0.2) is 0 Å². The van der Waals surface area contributed by atoms with Gasteiger partial charge in [-0.1, -0.05) is 0 Å². The van der Waals surface area contributed by atoms with Crippen molar-refractivity contribution in [3.8, 4) is 0 Å². The monoisotopic (exact) mass is 190 g/mol. The summed E-state index contributed by atoms with van der Waals surface area (Å²) in [6, 6.07) is -0.380. The van der Waals surface area contributed by atoms with Gasteiger partial charge in [0.2, 0.25) is 6.41 Å². The molecule has 1 atom stereocenters. The normalized spacial score (nSPS) is 11.2. The molecular formula is C8H18N2O3. The SMILES string of the molecule is CC(C(=O)O)N(C)C.CN(C)C=O. The molecule has 0 aliphatic heterocycles. The van der Waals surface area contributed by atoms with Gasteiger partial charge in [-0.2, -0.15) is 0 Å². The third-order valence-electron chi connectivity index (χ3n) is 1.34. The molecule has 0 aromatic heterocycles. The van der Waals surface area contributed by atoms with E-state index < -0.39 is 5.97 Å². The van der Waals surface area contributed by atoms with Crippen LogP contribution < -0.4 is 0 Å². The zero-order valence-electron chi connectivity index (χ0n) is 8.81. The van der Waals surface area contributed by atoms with Gasteiger partial charge in [-0.05, 0) is 21.0 Å². The smallest absolute Gasteiger partial charge is 0.320 e. The summed E-state index contributed by atoms with van der Waals surface area (Å²) >= 11 is 0. The second-order valence-corrected chi connectivity index (χ2v) is 3.05. The Morgan fingerprint density at radius 3 is 1.62 bits per heavy atom. The number of carboxylic acids is 1. The average Bonchev–Trinajstić information content (AvgIpc) is 2.03. The van der Waals surface area contributed by atoms with Crippen molar-refractivity contribution in [1.29, 1.82) is 0 Å². The molecule has 0 aromatic rings. The summed E-state index contributed by atoms with van der Waals surface area (Å²) in [5.41, 5.74) is 0. The van der Waals surface area contributed by atoms with Crippen LogP contribution in [0.5, 0.6) is 0 Å². The van der Waals surface area contributed by atoms with Crippen LogP contribution in [0.4, 0.5) is 0 Å². The summed E-state index contributed by atoms with van der Waals surface area (Å²) in [5.74, 6) is -0.782. The number of hydrogen-bond acceptors (Lipinski definition) is 3. The molecule has 5 heteroatoms. The van der Waals surface area contributed by atoms with Crippen molar-refractivity contribution < 1.29 is 14.7 Å². The number of nitrogens with zero attached hydrogens (tertiary/aromatic N) is 2. The molecule has 0 saturated heterocycles. The highest BCUT2D eigenvalue weighted by Gasteiger charge is 2.11. The molecule has 78 valence electrons. The lowest BCUT2D eigenvalue weighted by molar-refractivity contribution is -0.141. The largest absolute Gasteiger partial charge is 0.480 e. The number of aliphatic carboxylic acids is 1. The molecule has 0 fully saturated rings. The Labute approximate surface area is 78.9 Å². The Morgan fingerprint density at radius 1 is 1.31 bits per heavy atom. The molecule has 0 aliphatic rings. The number of carbonyl (C=O) groups excluding carboxylic acids is 1. The van der Waals surface area contributed by atoms with Gasteiger partial charge in [0, 0.05) is 14.1 Å². The van der Waals surface area contributed by atoms with Crippen LogP contribution in [0.1, 0.15) is 6.92 Å². The van der Waals surface area contributed by atoms with Crippen LogP contribution in [0, 0.1) is 0 Å². The molecule has 0 heterocycles. The van der Waals surface area contributed by atoms with Crippen LogP contribution in [-0.2, 0) is 9.59 Å². The van der Waals surface area contributed by atoms with Gasteiger partial charge < -0.3 is 10.0 Å². The Hall–Kier alpha value is -1.10. The van der Waals surface area contributed by atoms with E-state index >= 15 is 0 Å². The zero-order valence-corrected chi connectivity index (χ0v) is 8.81. The highest BCUT2D eigenvalue weighted by molar-refractivity contribution is 5.72. The van der Waals surface area contributed by atoms with Crippen molar-refractivity contribution in [1.82, 2.24) is 9.80 Å². The summed E-state index contributed by atoms with van der Waals surface area (Å²) in [6.07, 6.45) is 0.750. The minimum atomic E-state index is -0.782. The van der Waals surface area contributed by atoms with E-state index in [1.807, 2.05) is 0 Å². The summed E-state index contributed by atoms with van der Waals surface area (Å²) in [4.78, 5) is 22.6. The van der Waals surface area contributed by atoms with E-state index in [-0.39, 0.29) is 6.04 Å². The van der Waals surface area contributed by atoms with E-state index in [9.17, 15) is 9.59 Å². The molecule has 0 bridgehead atoms. The maximum Gasteiger partial charge on any atom is 0.320 e. The minimum absolute atomic E-state index is 0.380. The van der Waals surface area contributed by atoms with Gasteiger partial charge in [0.1, 0.15) is 6.04 Å². The average molecular weight is 190 g/mol. The number of amides is 1. The first-order valence-electron chi connectivity index (χ1n) is 3.83. The highest BCUT2D eigenvalue weighted by atomic mass is 16.4. The van der Waals surface area contributed by atoms with Crippen LogP contribution in [-0.4, -0.2) is 61.5 Å². The van der Waals surface area contributed by atoms with Crippen LogP contribution in [0.25, 0.3) is 0 Å². The molecule has 5 nitrogen and oxygen atoms in total. The summed E-state index contributed by atoms with van der Waals surface area (Å²) in [5, 5.41) is 8.31. The molecule has 0 aromatic carbocycles. The van der Waals surface area contributed by atoms with Gasteiger partial charge in [-0.15, -0.1) is 0 Å². The third kappa shape index (κ3) is 10.9. The van der Waals surface area contributed by atoms with E-state index in [2.05, 4.69) is 0 Å². The van der Waals surface area contributed by atoms with Crippen LogP contribution in [0.15, 0.2) is 0 Å². The first kappa shape index (κ1) is 14.4. The standard InChI is InChI=1S/C5H11NO2.C3H7NO/c1-4(5(7)8)6(2)3;1-4(2)3-5/h4H,1-3H3,(H,7,8);3H,1-2H3. The maximum atomic E-state index is 10.1. The van der Waals surface area contributed by atoms with Gasteiger partial charge in [-0.25, -0.2) is 0 Å². The molecule has 1 N–H and O–H groups in total. The highest BCUT2D eigenvalue weighted by Crippen LogP contribution is 1.88. The zero-order chi connectivity index (χ0) is 11.0. The molecule has 0 aliphatic carbocycles. The topological polar surface area (TPSA) is 60.9 Å². The molecule has 0 spiro atoms. The van der Waals surface area contributed by atoms with E-state index in [1.165, 1.54) is 4.90 Å². The van der Waals surface area contributed by atoms with Crippen LogP contribution in [0.2, 0.25) is 0 Å². The number of carbonyl (C=O) groups is 2. The van der Waals surface area contributed by atoms with Crippen molar-refractivity contribution in [3.05, 3.63) is 0 Å². The number of carboxylic acid groups (broad SMARTS) is 1. The van der Waals surface area contributed by atoms with Crippen LogP contribution in [0.3, 0.4) is 0 Å². The minimum Gasteiger partial charge on any atom is -0.480 e. The Balaban J connectivity index is 0. The quantitative estimate of drug-likeness (QED) is 0.622. The molecule has 1 amide bonds. The molecular weight excluding hydrogens is 172 g/mol. The first-order chi connectivity index (χ1) is 5.82. The Morgan fingerprint density at radius 2 is 1.62 bits per heavy atom. The molecule has 1 unspecified atom stereocenters. The van der Waals surface area contributed by atoms with Gasteiger partial charge in [0.05, 0.1) is 0 Å². The first-order valence-corrected chi connectivity index (χ1v) is 3.83. The van der Waals surface area contributed by atoms with Gasteiger partial charge in [-0.3, -0.25) is 14.5 Å². The number of likely N-dealkylation sites (N-methyl/N-ethyl adjacent to an activating group) is 1. The van der Waals surface area contributed by atoms with Crippen molar-refractivity contribution in [2.45, 2.75) is 13.0 Å². The van der Waals surface area contributed by atoms with Crippen molar-refractivity contribution in [2.75, 3.05) is 28.2 Å². The van der Waals surface area contributed by atoms with Crippen molar-refractivity contribution in [2.24, 2.45) is 0 Å². The Kier molecular flexibility index (Phi) is 8.37. The molecule has 13 heavy (non-hydrogen) atoms. The predicted molar refractivity (Wildman–Crippen MR) is 50.5 cm³/mol. The van der Waals surface area contributed by atoms with Gasteiger partial charge >= 0.3 is 5.97 Å². The van der Waals surface area contributed by atoms with E-state index in [0.717, 1.165) is 6.41 Å². The van der Waals surface area contributed by atoms with Crippen LogP contribution >= 0.6 is 0 Å². The fourth-order valence-electron chi connectivity index (χ4n) is 0.221. The molecule has 0 rings (SSSR count). The van der Waals surface area contributed by atoms with Crippen molar-refractivity contribution in [3.63, 3.8) is 0 Å². The molecule has 0 saturated carbocycles. The number of rotatable bonds is 3. The summed E-state index contributed by atoms with van der Waals surface area (Å²) in [6.45, 7) is 1.64. The maximum absolute atomic E-state index is 10.1. The lowest BCUT2D eigenvalue weighted by atomic mass is 10.3. The number of hydrogen-bond donors (Lipinski definition) is 1. The fraction of sp³-hybridized carbons (Fsp3) is 0.750. The van der Waals surface area contributed by atoms with E-state index in [1.54, 1.807) is 40.0 Å². The second-order valence-electron chi connectivity index (χ2n) is 3.05. The fourth-order valence-corrected chi connectivity index (χ4v) is 0.221. The van der Waals surface area contributed by atoms with E-state index in [0.29, 0.717) is 0 Å². The third-order valence-corrected chi connectivity index (χ3v) is 1.34. The lowest BCUT2D eigenvalue weighted by Crippen LogP contribution is -2.32. The van der Waals surface area contributed by atoms with Gasteiger partial charge in [0.25, 0.3) is 0 Å². The van der Waals surface area contributed by atoms with Crippen molar-refractivity contribution >= 4 is 12.4 Å². The summed E-state index contributed by atoms with van der Waals surface area (Å²) in [7, 11) is 6.84. The summed E-state index contributed by atoms with van der Waals surface area (Å²) < 4.78 is 0.